The Labute approximate surface area is 89.9 Å². The lowest BCUT2D eigenvalue weighted by Crippen LogP contribution is -2.29. The summed E-state index contributed by atoms with van der Waals surface area (Å²) < 4.78 is 0. The molecule has 3 nitrogen and oxygen atoms in total. The first-order valence-electron chi connectivity index (χ1n) is 4.33. The molecule has 0 radical (unpaired) electrons. The molecule has 2 rings (SSSR count). The maximum absolute atomic E-state index is 8.96. The van der Waals surface area contributed by atoms with Gasteiger partial charge in [-0.05, 0) is 23.6 Å². The van der Waals surface area contributed by atoms with Gasteiger partial charge >= 0.3 is 7.12 Å². The molecular weight excluding hydrogens is 200 g/mol. The summed E-state index contributed by atoms with van der Waals surface area (Å²) in [6.07, 6.45) is 0. The first-order chi connectivity index (χ1) is 6.16. The number of fused-ring (bicyclic) bond motifs is 1. The molecule has 14 heavy (non-hydrogen) atoms. The van der Waals surface area contributed by atoms with Crippen LogP contribution >= 0.6 is 12.4 Å². The summed E-state index contributed by atoms with van der Waals surface area (Å²) in [5.41, 5.74) is 3.06. The zero-order valence-electron chi connectivity index (χ0n) is 7.97. The van der Waals surface area contributed by atoms with E-state index in [0.29, 0.717) is 5.46 Å². The lowest BCUT2D eigenvalue weighted by molar-refractivity contribution is 0.353. The number of hydrogen-bond acceptors (Lipinski definition) is 3. The molecular formula is C9H13BClNO2. The van der Waals surface area contributed by atoms with E-state index in [9.17, 15) is 0 Å². The van der Waals surface area contributed by atoms with Crippen molar-refractivity contribution in [2.45, 2.75) is 13.1 Å². The Bertz CT molecular complexity index is 333. The Morgan fingerprint density at radius 3 is 2.50 bits per heavy atom. The molecule has 2 N–H and O–H groups in total. The number of hydrogen-bond donors (Lipinski definition) is 2. The van der Waals surface area contributed by atoms with Crippen LogP contribution in [0.1, 0.15) is 11.1 Å². The van der Waals surface area contributed by atoms with Crippen LogP contribution in [-0.4, -0.2) is 29.1 Å². The van der Waals surface area contributed by atoms with Gasteiger partial charge in [0.05, 0.1) is 0 Å². The van der Waals surface area contributed by atoms with Crippen LogP contribution in [-0.2, 0) is 13.1 Å². The molecule has 1 aliphatic rings. The molecule has 1 aliphatic heterocycles. The highest BCUT2D eigenvalue weighted by molar-refractivity contribution is 6.58. The second kappa shape index (κ2) is 4.32. The minimum absolute atomic E-state index is 0. The molecule has 1 aromatic rings. The largest absolute Gasteiger partial charge is 0.488 e. The third-order valence-corrected chi connectivity index (χ3v) is 2.41. The van der Waals surface area contributed by atoms with E-state index < -0.39 is 7.12 Å². The number of nitrogens with zero attached hydrogens (tertiary/aromatic N) is 1. The van der Waals surface area contributed by atoms with Gasteiger partial charge in [-0.25, -0.2) is 0 Å². The van der Waals surface area contributed by atoms with Crippen molar-refractivity contribution in [1.29, 1.82) is 0 Å². The van der Waals surface area contributed by atoms with Crippen molar-refractivity contribution in [3.63, 3.8) is 0 Å². The summed E-state index contributed by atoms with van der Waals surface area (Å²) in [7, 11) is 0.700. The first kappa shape index (κ1) is 11.5. The van der Waals surface area contributed by atoms with Crippen LogP contribution in [0.15, 0.2) is 18.2 Å². The standard InChI is InChI=1S/C9H12BNO2.ClH/c1-11-5-7-2-3-9(10(12)13)4-8(7)6-11;/h2-4,12-13H,5-6H2,1H3;1H. The quantitative estimate of drug-likeness (QED) is 0.632. The Kier molecular flexibility index (Phi) is 3.56. The van der Waals surface area contributed by atoms with Crippen LogP contribution in [0.5, 0.6) is 0 Å². The molecule has 0 fully saturated rings. The van der Waals surface area contributed by atoms with Crippen LogP contribution in [0.2, 0.25) is 0 Å². The van der Waals surface area contributed by atoms with Gasteiger partial charge in [0, 0.05) is 13.1 Å². The maximum Gasteiger partial charge on any atom is 0.488 e. The van der Waals surface area contributed by atoms with E-state index >= 15 is 0 Å². The number of rotatable bonds is 1. The average Bonchev–Trinajstić information content (AvgIpc) is 2.42. The Hall–Kier alpha value is -0.545. The summed E-state index contributed by atoms with van der Waals surface area (Å²) in [6, 6.07) is 5.60. The maximum atomic E-state index is 8.96. The Balaban J connectivity index is 0.000000980. The molecule has 0 spiro atoms. The van der Waals surface area contributed by atoms with E-state index in [-0.39, 0.29) is 12.4 Å². The van der Waals surface area contributed by atoms with Gasteiger partial charge in [0.25, 0.3) is 0 Å². The van der Waals surface area contributed by atoms with Crippen LogP contribution < -0.4 is 5.46 Å². The van der Waals surface area contributed by atoms with Crippen LogP contribution in [0.25, 0.3) is 0 Å². The van der Waals surface area contributed by atoms with Crippen LogP contribution in [0, 0.1) is 0 Å². The summed E-state index contributed by atoms with van der Waals surface area (Å²) >= 11 is 0. The Morgan fingerprint density at radius 2 is 1.86 bits per heavy atom. The minimum Gasteiger partial charge on any atom is -0.423 e. The molecule has 76 valence electrons. The van der Waals surface area contributed by atoms with E-state index in [2.05, 4.69) is 11.9 Å². The predicted octanol–water partition coefficient (Wildman–Crippen LogP) is -0.266. The fourth-order valence-corrected chi connectivity index (χ4v) is 1.75. The summed E-state index contributed by atoms with van der Waals surface area (Å²) in [4.78, 5) is 2.19. The van der Waals surface area contributed by atoms with Crippen molar-refractivity contribution in [2.24, 2.45) is 0 Å². The lowest BCUT2D eigenvalue weighted by Gasteiger charge is -2.03. The van der Waals surface area contributed by atoms with Gasteiger partial charge in [0.15, 0.2) is 0 Å². The van der Waals surface area contributed by atoms with Gasteiger partial charge < -0.3 is 10.0 Å². The van der Waals surface area contributed by atoms with Gasteiger partial charge in [-0.2, -0.15) is 0 Å². The van der Waals surface area contributed by atoms with Crippen LogP contribution in [0.4, 0.5) is 0 Å². The third kappa shape index (κ3) is 2.09. The molecule has 0 aromatic heterocycles. The minimum atomic E-state index is -1.35. The van der Waals surface area contributed by atoms with Crippen molar-refractivity contribution in [3.8, 4) is 0 Å². The smallest absolute Gasteiger partial charge is 0.423 e. The molecule has 0 unspecified atom stereocenters. The molecule has 0 aliphatic carbocycles. The van der Waals surface area contributed by atoms with Gasteiger partial charge in [0.2, 0.25) is 0 Å². The number of benzene rings is 1. The average molecular weight is 213 g/mol. The van der Waals surface area contributed by atoms with Crippen molar-refractivity contribution >= 4 is 25.0 Å². The highest BCUT2D eigenvalue weighted by Gasteiger charge is 2.18. The molecule has 0 bridgehead atoms. The molecule has 1 heterocycles. The summed E-state index contributed by atoms with van der Waals surface area (Å²) in [5.74, 6) is 0. The molecule has 0 saturated heterocycles. The predicted molar refractivity (Wildman–Crippen MR) is 58.7 cm³/mol. The first-order valence-corrected chi connectivity index (χ1v) is 4.33. The second-order valence-corrected chi connectivity index (χ2v) is 3.57. The molecule has 0 saturated carbocycles. The molecule has 0 atom stereocenters. The molecule has 5 heteroatoms. The summed E-state index contributed by atoms with van der Waals surface area (Å²) in [5, 5.41) is 17.9. The van der Waals surface area contributed by atoms with Gasteiger partial charge in [0.1, 0.15) is 0 Å². The zero-order chi connectivity index (χ0) is 9.42. The van der Waals surface area contributed by atoms with Crippen molar-refractivity contribution in [2.75, 3.05) is 7.05 Å². The van der Waals surface area contributed by atoms with E-state index in [1.807, 2.05) is 12.1 Å². The van der Waals surface area contributed by atoms with Crippen molar-refractivity contribution in [1.82, 2.24) is 4.90 Å². The normalized spacial score (nSPS) is 14.8. The van der Waals surface area contributed by atoms with Gasteiger partial charge in [-0.15, -0.1) is 12.4 Å². The third-order valence-electron chi connectivity index (χ3n) is 2.41. The van der Waals surface area contributed by atoms with Crippen molar-refractivity contribution < 1.29 is 10.0 Å². The zero-order valence-corrected chi connectivity index (χ0v) is 8.79. The van der Waals surface area contributed by atoms with E-state index in [4.69, 9.17) is 10.0 Å². The van der Waals surface area contributed by atoms with E-state index in [0.717, 1.165) is 13.1 Å². The van der Waals surface area contributed by atoms with Gasteiger partial charge in [-0.1, -0.05) is 18.2 Å². The highest BCUT2D eigenvalue weighted by Crippen LogP contribution is 2.19. The monoisotopic (exact) mass is 213 g/mol. The number of halogens is 1. The fourth-order valence-electron chi connectivity index (χ4n) is 1.75. The SMILES string of the molecule is CN1Cc2ccc(B(O)O)cc2C1.Cl. The van der Waals surface area contributed by atoms with Gasteiger partial charge in [-0.3, -0.25) is 4.90 Å². The molecule has 0 amide bonds. The second-order valence-electron chi connectivity index (χ2n) is 3.57. The molecule has 1 aromatic carbocycles. The van der Waals surface area contributed by atoms with E-state index in [1.165, 1.54) is 11.1 Å². The van der Waals surface area contributed by atoms with E-state index in [1.54, 1.807) is 6.07 Å². The summed E-state index contributed by atoms with van der Waals surface area (Å²) in [6.45, 7) is 1.85. The highest BCUT2D eigenvalue weighted by atomic mass is 35.5. The fraction of sp³-hybridized carbons (Fsp3) is 0.333. The lowest BCUT2D eigenvalue weighted by atomic mass is 9.79. The Morgan fingerprint density at radius 1 is 1.21 bits per heavy atom. The van der Waals surface area contributed by atoms with Crippen molar-refractivity contribution in [3.05, 3.63) is 29.3 Å². The van der Waals surface area contributed by atoms with Crippen LogP contribution in [0.3, 0.4) is 0 Å². The topological polar surface area (TPSA) is 43.7 Å².